The van der Waals surface area contributed by atoms with Crippen LogP contribution in [0, 0.1) is 0 Å². The average molecular weight is 295 g/mol. The summed E-state index contributed by atoms with van der Waals surface area (Å²) in [7, 11) is 0. The van der Waals surface area contributed by atoms with Gasteiger partial charge in [0, 0.05) is 6.20 Å². The zero-order valence-corrected chi connectivity index (χ0v) is 11.9. The maximum Gasteiger partial charge on any atom is 0.254 e. The fraction of sp³-hybridized carbons (Fsp3) is 0.250. The number of aromatic nitrogens is 4. The number of hydrogen-bond donors (Lipinski definition) is 0. The van der Waals surface area contributed by atoms with E-state index in [1.807, 2.05) is 31.4 Å². The summed E-state index contributed by atoms with van der Waals surface area (Å²) in [6, 6.07) is 3.91. The minimum absolute atomic E-state index is 0.496. The highest BCUT2D eigenvalue weighted by molar-refractivity contribution is 7.13. The van der Waals surface area contributed by atoms with E-state index in [4.69, 9.17) is 16.1 Å². The highest BCUT2D eigenvalue weighted by Crippen LogP contribution is 2.28. The van der Waals surface area contributed by atoms with Crippen LogP contribution in [0.25, 0.3) is 10.7 Å². The van der Waals surface area contributed by atoms with Gasteiger partial charge in [0.15, 0.2) is 0 Å². The normalized spacial score (nSPS) is 11.9. The van der Waals surface area contributed by atoms with Gasteiger partial charge < -0.3 is 4.52 Å². The van der Waals surface area contributed by atoms with E-state index in [0.717, 1.165) is 4.88 Å². The maximum absolute atomic E-state index is 5.89. The SMILES string of the molecule is CC(C)(c1nc(-c2cccs2)no1)n1cc(Cl)cn1. The summed E-state index contributed by atoms with van der Waals surface area (Å²) in [6.07, 6.45) is 3.32. The maximum atomic E-state index is 5.89. The zero-order valence-electron chi connectivity index (χ0n) is 10.4. The molecule has 98 valence electrons. The van der Waals surface area contributed by atoms with Gasteiger partial charge in [0.25, 0.3) is 5.89 Å². The summed E-state index contributed by atoms with van der Waals surface area (Å²) < 4.78 is 7.07. The molecule has 0 atom stereocenters. The van der Waals surface area contributed by atoms with E-state index in [-0.39, 0.29) is 0 Å². The Morgan fingerprint density at radius 3 is 2.89 bits per heavy atom. The molecule has 0 spiro atoms. The summed E-state index contributed by atoms with van der Waals surface area (Å²) in [5.41, 5.74) is -0.546. The molecule has 0 aliphatic heterocycles. The molecule has 0 saturated carbocycles. The molecule has 19 heavy (non-hydrogen) atoms. The molecule has 0 bridgehead atoms. The largest absolute Gasteiger partial charge is 0.336 e. The first-order valence-corrected chi connectivity index (χ1v) is 6.92. The number of halogens is 1. The van der Waals surface area contributed by atoms with Crippen LogP contribution in [0.1, 0.15) is 19.7 Å². The minimum atomic E-state index is -0.546. The van der Waals surface area contributed by atoms with Crippen LogP contribution in [0.3, 0.4) is 0 Å². The van der Waals surface area contributed by atoms with E-state index in [9.17, 15) is 0 Å². The Morgan fingerprint density at radius 1 is 1.42 bits per heavy atom. The molecule has 5 nitrogen and oxygen atoms in total. The lowest BCUT2D eigenvalue weighted by Crippen LogP contribution is -2.28. The zero-order chi connectivity index (χ0) is 13.5. The van der Waals surface area contributed by atoms with Crippen molar-refractivity contribution in [3.63, 3.8) is 0 Å². The van der Waals surface area contributed by atoms with Crippen LogP contribution in [0.5, 0.6) is 0 Å². The molecule has 0 fully saturated rings. The summed E-state index contributed by atoms with van der Waals surface area (Å²) in [5, 5.41) is 10.8. The molecule has 0 amide bonds. The van der Waals surface area contributed by atoms with Gasteiger partial charge in [0.1, 0.15) is 5.54 Å². The van der Waals surface area contributed by atoms with Gasteiger partial charge in [-0.3, -0.25) is 4.68 Å². The van der Waals surface area contributed by atoms with Crippen molar-refractivity contribution in [2.45, 2.75) is 19.4 Å². The number of hydrogen-bond acceptors (Lipinski definition) is 5. The van der Waals surface area contributed by atoms with E-state index in [1.165, 1.54) is 0 Å². The third-order valence-electron chi connectivity index (χ3n) is 2.81. The second-order valence-corrected chi connectivity index (χ2v) is 5.95. The van der Waals surface area contributed by atoms with Crippen LogP contribution in [0.15, 0.2) is 34.4 Å². The Labute approximate surface area is 118 Å². The summed E-state index contributed by atoms with van der Waals surface area (Å²) in [5.74, 6) is 1.09. The molecule has 0 radical (unpaired) electrons. The summed E-state index contributed by atoms with van der Waals surface area (Å²) in [6.45, 7) is 3.89. The topological polar surface area (TPSA) is 56.7 Å². The molecular formula is C12H11ClN4OS. The fourth-order valence-corrected chi connectivity index (χ4v) is 2.47. The quantitative estimate of drug-likeness (QED) is 0.742. The Morgan fingerprint density at radius 2 is 2.26 bits per heavy atom. The van der Waals surface area contributed by atoms with Crippen molar-refractivity contribution < 1.29 is 4.52 Å². The van der Waals surface area contributed by atoms with Gasteiger partial charge in [-0.25, -0.2) is 0 Å². The number of thiophene rings is 1. The first-order chi connectivity index (χ1) is 9.07. The molecule has 0 N–H and O–H groups in total. The predicted molar refractivity (Wildman–Crippen MR) is 73.3 cm³/mol. The lowest BCUT2D eigenvalue weighted by Gasteiger charge is -2.20. The first-order valence-electron chi connectivity index (χ1n) is 5.66. The van der Waals surface area contributed by atoms with Crippen molar-refractivity contribution in [2.75, 3.05) is 0 Å². The molecule has 7 heteroatoms. The lowest BCUT2D eigenvalue weighted by atomic mass is 10.1. The fourth-order valence-electron chi connectivity index (χ4n) is 1.68. The number of nitrogens with zero attached hydrogens (tertiary/aromatic N) is 4. The van der Waals surface area contributed by atoms with E-state index in [0.29, 0.717) is 16.7 Å². The van der Waals surface area contributed by atoms with Crippen molar-refractivity contribution in [3.8, 4) is 10.7 Å². The molecule has 3 aromatic heterocycles. The third-order valence-corrected chi connectivity index (χ3v) is 3.88. The minimum Gasteiger partial charge on any atom is -0.336 e. The van der Waals surface area contributed by atoms with E-state index < -0.39 is 5.54 Å². The van der Waals surface area contributed by atoms with Crippen LogP contribution in [0.2, 0.25) is 5.02 Å². The summed E-state index contributed by atoms with van der Waals surface area (Å²) in [4.78, 5) is 5.41. The molecule has 3 heterocycles. The van der Waals surface area contributed by atoms with Crippen molar-refractivity contribution in [1.29, 1.82) is 0 Å². The lowest BCUT2D eigenvalue weighted by molar-refractivity contribution is 0.261. The second kappa shape index (κ2) is 4.47. The Balaban J connectivity index is 1.98. The van der Waals surface area contributed by atoms with Crippen molar-refractivity contribution in [1.82, 2.24) is 19.9 Å². The summed E-state index contributed by atoms with van der Waals surface area (Å²) >= 11 is 7.46. The highest BCUT2D eigenvalue weighted by Gasteiger charge is 2.31. The van der Waals surface area contributed by atoms with Crippen LogP contribution < -0.4 is 0 Å². The standard InChI is InChI=1S/C12H11ClN4OS/c1-12(2,17-7-8(13)6-14-17)11-15-10(16-18-11)9-4-3-5-19-9/h3-7H,1-2H3. The Bertz CT molecular complexity index is 686. The van der Waals surface area contributed by atoms with Gasteiger partial charge in [-0.2, -0.15) is 10.1 Å². The van der Waals surface area contributed by atoms with Crippen LogP contribution in [-0.4, -0.2) is 19.9 Å². The first kappa shape index (κ1) is 12.4. The van der Waals surface area contributed by atoms with E-state index in [1.54, 1.807) is 28.4 Å². The van der Waals surface area contributed by atoms with Crippen LogP contribution in [0.4, 0.5) is 0 Å². The van der Waals surface area contributed by atoms with Gasteiger partial charge in [-0.1, -0.05) is 22.8 Å². The molecule has 0 aliphatic carbocycles. The Hall–Kier alpha value is -1.66. The Kier molecular flexibility index (Phi) is 2.91. The van der Waals surface area contributed by atoms with Crippen molar-refractivity contribution in [3.05, 3.63) is 40.8 Å². The third kappa shape index (κ3) is 2.17. The smallest absolute Gasteiger partial charge is 0.254 e. The molecule has 0 saturated heterocycles. The van der Waals surface area contributed by atoms with Gasteiger partial charge in [-0.05, 0) is 25.3 Å². The monoisotopic (exact) mass is 294 g/mol. The van der Waals surface area contributed by atoms with Gasteiger partial charge in [0.2, 0.25) is 5.82 Å². The average Bonchev–Trinajstić information content (AvgIpc) is 3.10. The predicted octanol–water partition coefficient (Wildman–Crippen LogP) is 3.43. The van der Waals surface area contributed by atoms with E-state index >= 15 is 0 Å². The highest BCUT2D eigenvalue weighted by atomic mass is 35.5. The van der Waals surface area contributed by atoms with Crippen LogP contribution in [-0.2, 0) is 5.54 Å². The number of rotatable bonds is 3. The van der Waals surface area contributed by atoms with Gasteiger partial charge in [-0.15, -0.1) is 11.3 Å². The van der Waals surface area contributed by atoms with Gasteiger partial charge in [0.05, 0.1) is 16.1 Å². The molecule has 3 rings (SSSR count). The van der Waals surface area contributed by atoms with Crippen molar-refractivity contribution >= 4 is 22.9 Å². The second-order valence-electron chi connectivity index (χ2n) is 4.56. The molecule has 0 unspecified atom stereocenters. The van der Waals surface area contributed by atoms with Gasteiger partial charge >= 0.3 is 0 Å². The molecule has 0 aliphatic rings. The molecule has 3 aromatic rings. The molecular weight excluding hydrogens is 284 g/mol. The van der Waals surface area contributed by atoms with E-state index in [2.05, 4.69) is 15.2 Å². The van der Waals surface area contributed by atoms with Crippen LogP contribution >= 0.6 is 22.9 Å². The molecule has 0 aromatic carbocycles. The van der Waals surface area contributed by atoms with Crippen molar-refractivity contribution in [2.24, 2.45) is 0 Å².